The number of piperidine rings is 1. The molecule has 1 amide bonds. The van der Waals surface area contributed by atoms with Crippen molar-refractivity contribution < 1.29 is 4.79 Å². The van der Waals surface area contributed by atoms with Crippen molar-refractivity contribution >= 4 is 28.8 Å². The first-order valence-electron chi connectivity index (χ1n) is 5.77. The lowest BCUT2D eigenvalue weighted by molar-refractivity contribution is 0.0589. The number of likely N-dealkylation sites (tertiary alicyclic amines) is 1. The van der Waals surface area contributed by atoms with Gasteiger partial charge in [0.25, 0.3) is 5.91 Å². The van der Waals surface area contributed by atoms with E-state index in [1.165, 1.54) is 11.3 Å². The topological polar surface area (TPSA) is 59.2 Å². The summed E-state index contributed by atoms with van der Waals surface area (Å²) >= 11 is 7.19. The fourth-order valence-corrected chi connectivity index (χ4v) is 3.21. The number of halogens is 1. The van der Waals surface area contributed by atoms with Gasteiger partial charge in [-0.1, -0.05) is 11.6 Å². The van der Waals surface area contributed by atoms with Gasteiger partial charge in [0.05, 0.1) is 5.51 Å². The summed E-state index contributed by atoms with van der Waals surface area (Å²) in [6.45, 7) is 2.71. The predicted octanol–water partition coefficient (Wildman–Crippen LogP) is 2.14. The van der Waals surface area contributed by atoms with E-state index in [1.807, 2.05) is 11.8 Å². The summed E-state index contributed by atoms with van der Waals surface area (Å²) in [4.78, 5) is 18.6. The van der Waals surface area contributed by atoms with Crippen molar-refractivity contribution in [3.05, 3.63) is 15.5 Å². The zero-order chi connectivity index (χ0) is 12.4. The Hall–Kier alpha value is -0.650. The molecular formula is C11H16ClN3OS. The highest BCUT2D eigenvalue weighted by molar-refractivity contribution is 7.12. The Morgan fingerprint density at radius 3 is 3.06 bits per heavy atom. The van der Waals surface area contributed by atoms with Gasteiger partial charge in [0.2, 0.25) is 0 Å². The van der Waals surface area contributed by atoms with Gasteiger partial charge in [-0.05, 0) is 26.2 Å². The molecule has 0 bridgehead atoms. The van der Waals surface area contributed by atoms with Crippen molar-refractivity contribution in [2.75, 3.05) is 6.54 Å². The Morgan fingerprint density at radius 2 is 2.47 bits per heavy atom. The van der Waals surface area contributed by atoms with E-state index in [-0.39, 0.29) is 18.0 Å². The molecule has 2 atom stereocenters. The highest BCUT2D eigenvalue weighted by Gasteiger charge is 2.31. The zero-order valence-electron chi connectivity index (χ0n) is 9.73. The molecule has 0 aliphatic carbocycles. The molecule has 1 aromatic rings. The molecule has 0 radical (unpaired) electrons. The predicted molar refractivity (Wildman–Crippen MR) is 69.4 cm³/mol. The van der Waals surface area contributed by atoms with E-state index in [4.69, 9.17) is 17.3 Å². The van der Waals surface area contributed by atoms with Crippen LogP contribution in [0.25, 0.3) is 0 Å². The van der Waals surface area contributed by atoms with Gasteiger partial charge in [-0.3, -0.25) is 4.79 Å². The van der Waals surface area contributed by atoms with Gasteiger partial charge >= 0.3 is 0 Å². The van der Waals surface area contributed by atoms with Crippen molar-refractivity contribution in [1.82, 2.24) is 9.88 Å². The van der Waals surface area contributed by atoms with Crippen LogP contribution < -0.4 is 5.73 Å². The summed E-state index contributed by atoms with van der Waals surface area (Å²) in [5.41, 5.74) is 7.55. The van der Waals surface area contributed by atoms with Gasteiger partial charge in [0.1, 0.15) is 4.88 Å². The van der Waals surface area contributed by atoms with Crippen LogP contribution in [0, 0.1) is 0 Å². The van der Waals surface area contributed by atoms with E-state index in [9.17, 15) is 4.79 Å². The van der Waals surface area contributed by atoms with E-state index in [0.717, 1.165) is 25.8 Å². The minimum absolute atomic E-state index is 0.00838. The molecule has 1 aromatic heterocycles. The van der Waals surface area contributed by atoms with Crippen LogP contribution in [-0.2, 0) is 0 Å². The first kappa shape index (κ1) is 12.8. The molecule has 0 unspecified atom stereocenters. The second-order valence-electron chi connectivity index (χ2n) is 4.39. The minimum atomic E-state index is -0.0282. The number of nitrogens with two attached hydrogens (primary N) is 1. The Bertz CT molecular complexity index is 407. The molecule has 6 heteroatoms. The highest BCUT2D eigenvalue weighted by Crippen LogP contribution is 2.26. The lowest BCUT2D eigenvalue weighted by Crippen LogP contribution is -2.51. The van der Waals surface area contributed by atoms with E-state index in [2.05, 4.69) is 4.98 Å². The van der Waals surface area contributed by atoms with Crippen molar-refractivity contribution in [2.24, 2.45) is 5.73 Å². The molecule has 2 heterocycles. The van der Waals surface area contributed by atoms with E-state index < -0.39 is 0 Å². The number of carbonyl (C=O) groups is 1. The SMILES string of the molecule is C[C@H](N)[C@@H]1CCCCN1C(=O)c1scnc1Cl. The Morgan fingerprint density at radius 1 is 1.71 bits per heavy atom. The van der Waals surface area contributed by atoms with Crippen LogP contribution in [0.1, 0.15) is 35.9 Å². The Labute approximate surface area is 110 Å². The average Bonchev–Trinajstić information content (AvgIpc) is 2.74. The maximum atomic E-state index is 12.4. The monoisotopic (exact) mass is 273 g/mol. The first-order valence-corrected chi connectivity index (χ1v) is 7.02. The maximum absolute atomic E-state index is 12.4. The van der Waals surface area contributed by atoms with Crippen molar-refractivity contribution in [1.29, 1.82) is 0 Å². The van der Waals surface area contributed by atoms with E-state index >= 15 is 0 Å². The molecular weight excluding hydrogens is 258 g/mol. The van der Waals surface area contributed by atoms with Crippen molar-refractivity contribution in [3.63, 3.8) is 0 Å². The lowest BCUT2D eigenvalue weighted by Gasteiger charge is -2.37. The molecule has 94 valence electrons. The van der Waals surface area contributed by atoms with Crippen LogP contribution in [0.15, 0.2) is 5.51 Å². The molecule has 1 aliphatic rings. The normalized spacial score (nSPS) is 22.5. The molecule has 2 N–H and O–H groups in total. The summed E-state index contributed by atoms with van der Waals surface area (Å²) < 4.78 is 0. The fourth-order valence-electron chi connectivity index (χ4n) is 2.26. The molecule has 17 heavy (non-hydrogen) atoms. The summed E-state index contributed by atoms with van der Waals surface area (Å²) in [6.07, 6.45) is 3.14. The third-order valence-electron chi connectivity index (χ3n) is 3.14. The number of hydrogen-bond acceptors (Lipinski definition) is 4. The maximum Gasteiger partial charge on any atom is 0.267 e. The Balaban J connectivity index is 2.20. The van der Waals surface area contributed by atoms with Gasteiger partial charge in [-0.15, -0.1) is 11.3 Å². The van der Waals surface area contributed by atoms with Gasteiger partial charge in [0, 0.05) is 18.6 Å². The van der Waals surface area contributed by atoms with Gasteiger partial charge in [0.15, 0.2) is 5.15 Å². The molecule has 1 saturated heterocycles. The van der Waals surface area contributed by atoms with Crippen LogP contribution in [0.5, 0.6) is 0 Å². The number of carbonyl (C=O) groups excluding carboxylic acids is 1. The highest BCUT2D eigenvalue weighted by atomic mass is 35.5. The van der Waals surface area contributed by atoms with Crippen LogP contribution in [0.4, 0.5) is 0 Å². The van der Waals surface area contributed by atoms with Crippen LogP contribution in [0.2, 0.25) is 5.15 Å². The molecule has 2 rings (SSSR count). The second kappa shape index (κ2) is 5.33. The molecule has 1 fully saturated rings. The Kier molecular flexibility index (Phi) is 4.01. The average molecular weight is 274 g/mol. The van der Waals surface area contributed by atoms with Crippen molar-refractivity contribution in [3.8, 4) is 0 Å². The molecule has 4 nitrogen and oxygen atoms in total. The molecule has 0 spiro atoms. The summed E-state index contributed by atoms with van der Waals surface area (Å²) in [6, 6.07) is 0.111. The second-order valence-corrected chi connectivity index (χ2v) is 5.61. The van der Waals surface area contributed by atoms with Crippen LogP contribution in [0.3, 0.4) is 0 Å². The van der Waals surface area contributed by atoms with Gasteiger partial charge in [-0.25, -0.2) is 4.98 Å². The van der Waals surface area contributed by atoms with Crippen molar-refractivity contribution in [2.45, 2.75) is 38.3 Å². The quantitative estimate of drug-likeness (QED) is 0.898. The standard InChI is InChI=1S/C11H16ClN3OS/c1-7(13)8-4-2-3-5-15(8)11(16)9-10(12)14-6-17-9/h6-8H,2-5,13H2,1H3/t7-,8-/m0/s1. The largest absolute Gasteiger partial charge is 0.333 e. The number of nitrogens with zero attached hydrogens (tertiary/aromatic N) is 2. The molecule has 1 aliphatic heterocycles. The van der Waals surface area contributed by atoms with E-state index in [1.54, 1.807) is 5.51 Å². The zero-order valence-corrected chi connectivity index (χ0v) is 11.3. The third-order valence-corrected chi connectivity index (χ3v) is 4.35. The molecule has 0 saturated carbocycles. The van der Waals surface area contributed by atoms with Gasteiger partial charge < -0.3 is 10.6 Å². The number of thiazole rings is 1. The summed E-state index contributed by atoms with van der Waals surface area (Å²) in [7, 11) is 0. The smallest absolute Gasteiger partial charge is 0.267 e. The summed E-state index contributed by atoms with van der Waals surface area (Å²) in [5, 5.41) is 0.300. The first-order chi connectivity index (χ1) is 8.11. The lowest BCUT2D eigenvalue weighted by atomic mass is 9.97. The van der Waals surface area contributed by atoms with E-state index in [0.29, 0.717) is 10.0 Å². The van der Waals surface area contributed by atoms with Crippen LogP contribution in [-0.4, -0.2) is 34.4 Å². The number of amides is 1. The third kappa shape index (κ3) is 2.61. The number of hydrogen-bond donors (Lipinski definition) is 1. The minimum Gasteiger partial charge on any atom is -0.333 e. The number of rotatable bonds is 2. The fraction of sp³-hybridized carbons (Fsp3) is 0.636. The van der Waals surface area contributed by atoms with Crippen LogP contribution >= 0.6 is 22.9 Å². The molecule has 0 aromatic carbocycles. The van der Waals surface area contributed by atoms with Gasteiger partial charge in [-0.2, -0.15) is 0 Å². The number of aromatic nitrogens is 1. The summed E-state index contributed by atoms with van der Waals surface area (Å²) in [5.74, 6) is -0.0282.